The summed E-state index contributed by atoms with van der Waals surface area (Å²) in [5.74, 6) is 7.33. The minimum Gasteiger partial charge on any atom is -0.496 e. The van der Waals surface area contributed by atoms with E-state index in [9.17, 15) is 24.6 Å². The Bertz CT molecular complexity index is 1710. The lowest BCUT2D eigenvalue weighted by molar-refractivity contribution is -0.247. The van der Waals surface area contributed by atoms with Crippen molar-refractivity contribution in [3.05, 3.63) is 41.5 Å². The van der Waals surface area contributed by atoms with Crippen LogP contribution in [0.2, 0.25) is 0 Å². The zero-order valence-electron chi connectivity index (χ0n) is 33.1. The van der Waals surface area contributed by atoms with Gasteiger partial charge in [0.2, 0.25) is 0 Å². The van der Waals surface area contributed by atoms with Crippen molar-refractivity contribution < 1.29 is 34.1 Å². The molecule has 5 saturated carbocycles. The molecule has 5 fully saturated rings. The van der Waals surface area contributed by atoms with Crippen LogP contribution in [0.1, 0.15) is 142 Å². The average molecular weight is 715 g/mol. The smallest absolute Gasteiger partial charge is 0.340 e. The second-order valence-corrected chi connectivity index (χ2v) is 19.5. The first-order valence-corrected chi connectivity index (χ1v) is 19.7. The van der Waals surface area contributed by atoms with Gasteiger partial charge in [-0.1, -0.05) is 64.7 Å². The molecule has 4 unspecified atom stereocenters. The maximum absolute atomic E-state index is 13.1. The van der Waals surface area contributed by atoms with Crippen LogP contribution in [0.5, 0.6) is 5.75 Å². The number of hydrogen-bond acceptors (Lipinski definition) is 5. The van der Waals surface area contributed by atoms with E-state index in [0.29, 0.717) is 40.9 Å². The molecule has 284 valence electrons. The molecule has 2 N–H and O–H groups in total. The van der Waals surface area contributed by atoms with Crippen LogP contribution in [0.15, 0.2) is 30.4 Å². The molecule has 7 nitrogen and oxygen atoms in total. The molecule has 5 aliphatic carbocycles. The molecular formula is C45H62O7. The van der Waals surface area contributed by atoms with Gasteiger partial charge in [0, 0.05) is 16.4 Å². The zero-order chi connectivity index (χ0) is 38.2. The number of aliphatic carboxylic acids is 1. The SMILES string of the molecule is C=C(C)[C@@H]1CC[C@]2(C#Cc3cccc(OC)c3C(=O)O)CC[C@]3(C)C(CCC4[C@@]5(C)CC[C@H](OC(=O)CC(C)(C)C(=O)O)C(C)(C)C5CC[C@]43C)C12. The van der Waals surface area contributed by atoms with Gasteiger partial charge in [0.05, 0.1) is 18.9 Å². The number of aromatic carboxylic acids is 1. The van der Waals surface area contributed by atoms with Crippen molar-refractivity contribution in [1.82, 2.24) is 0 Å². The highest BCUT2D eigenvalue weighted by Crippen LogP contribution is 2.77. The maximum atomic E-state index is 13.1. The summed E-state index contributed by atoms with van der Waals surface area (Å²) >= 11 is 0. The predicted molar refractivity (Wildman–Crippen MR) is 202 cm³/mol. The van der Waals surface area contributed by atoms with E-state index in [-0.39, 0.29) is 45.2 Å². The van der Waals surface area contributed by atoms with E-state index in [1.165, 1.54) is 19.1 Å². The van der Waals surface area contributed by atoms with Gasteiger partial charge in [0.1, 0.15) is 17.4 Å². The number of benzene rings is 1. The Balaban J connectivity index is 1.30. The molecule has 10 atom stereocenters. The van der Waals surface area contributed by atoms with Crippen LogP contribution in [-0.4, -0.2) is 41.3 Å². The number of allylic oxidation sites excluding steroid dienone is 1. The van der Waals surface area contributed by atoms with E-state index in [2.05, 4.69) is 60.0 Å². The molecule has 0 radical (unpaired) electrons. The fourth-order valence-corrected chi connectivity index (χ4v) is 13.4. The second kappa shape index (κ2) is 12.9. The van der Waals surface area contributed by atoms with E-state index in [1.807, 2.05) is 12.1 Å². The summed E-state index contributed by atoms with van der Waals surface area (Å²) in [4.78, 5) is 37.2. The van der Waals surface area contributed by atoms with Gasteiger partial charge in [-0.3, -0.25) is 9.59 Å². The van der Waals surface area contributed by atoms with Crippen molar-refractivity contribution >= 4 is 17.9 Å². The van der Waals surface area contributed by atoms with Crippen LogP contribution >= 0.6 is 0 Å². The molecule has 0 aliphatic heterocycles. The van der Waals surface area contributed by atoms with E-state index >= 15 is 0 Å². The fourth-order valence-electron chi connectivity index (χ4n) is 13.4. The Morgan fingerprint density at radius 2 is 1.62 bits per heavy atom. The lowest BCUT2D eigenvalue weighted by Gasteiger charge is -2.72. The fraction of sp³-hybridized carbons (Fsp3) is 0.711. The Kier molecular flexibility index (Phi) is 9.57. The Hall–Kier alpha value is -3.27. The molecule has 0 spiro atoms. The normalized spacial score (nSPS) is 38.9. The van der Waals surface area contributed by atoms with Gasteiger partial charge in [0.15, 0.2) is 0 Å². The Labute approximate surface area is 311 Å². The first-order valence-electron chi connectivity index (χ1n) is 19.7. The summed E-state index contributed by atoms with van der Waals surface area (Å²) in [7, 11) is 1.50. The molecule has 0 saturated heterocycles. The van der Waals surface area contributed by atoms with Gasteiger partial charge < -0.3 is 19.7 Å². The lowest BCUT2D eigenvalue weighted by atomic mass is 9.32. The van der Waals surface area contributed by atoms with Crippen molar-refractivity contribution in [3.63, 3.8) is 0 Å². The minimum absolute atomic E-state index is 0.102. The highest BCUT2D eigenvalue weighted by molar-refractivity contribution is 5.94. The number of fused-ring (bicyclic) bond motifs is 7. The topological polar surface area (TPSA) is 110 Å². The van der Waals surface area contributed by atoms with E-state index in [1.54, 1.807) is 19.9 Å². The molecule has 1 aromatic rings. The van der Waals surface area contributed by atoms with Crippen LogP contribution in [0.3, 0.4) is 0 Å². The van der Waals surface area contributed by atoms with Crippen LogP contribution in [-0.2, 0) is 14.3 Å². The monoisotopic (exact) mass is 714 g/mol. The van der Waals surface area contributed by atoms with Crippen molar-refractivity contribution in [2.24, 2.45) is 62.1 Å². The summed E-state index contributed by atoms with van der Waals surface area (Å²) in [6, 6.07) is 5.32. The molecule has 52 heavy (non-hydrogen) atoms. The number of carbonyl (C=O) groups is 3. The van der Waals surface area contributed by atoms with E-state index < -0.39 is 23.3 Å². The number of carbonyl (C=O) groups excluding carboxylic acids is 1. The summed E-state index contributed by atoms with van der Waals surface area (Å²) in [6.07, 6.45) is 10.2. The second-order valence-electron chi connectivity index (χ2n) is 19.5. The summed E-state index contributed by atoms with van der Waals surface area (Å²) in [5, 5.41) is 19.7. The molecule has 1 aromatic carbocycles. The molecule has 6 rings (SSSR count). The van der Waals surface area contributed by atoms with Crippen molar-refractivity contribution in [3.8, 4) is 17.6 Å². The van der Waals surface area contributed by atoms with Gasteiger partial charge in [0.25, 0.3) is 0 Å². The summed E-state index contributed by atoms with van der Waals surface area (Å²) < 4.78 is 11.6. The Morgan fingerprint density at radius 3 is 2.25 bits per heavy atom. The van der Waals surface area contributed by atoms with Crippen molar-refractivity contribution in [2.75, 3.05) is 7.11 Å². The first kappa shape index (κ1) is 38.5. The van der Waals surface area contributed by atoms with Crippen LogP contribution in [0, 0.1) is 73.9 Å². The largest absolute Gasteiger partial charge is 0.496 e. The molecule has 0 aromatic heterocycles. The van der Waals surface area contributed by atoms with Crippen molar-refractivity contribution in [2.45, 2.75) is 132 Å². The van der Waals surface area contributed by atoms with E-state index in [0.717, 1.165) is 57.8 Å². The number of ether oxygens (including phenoxy) is 2. The van der Waals surface area contributed by atoms with Gasteiger partial charge in [-0.05, 0) is 143 Å². The van der Waals surface area contributed by atoms with Crippen LogP contribution in [0.4, 0.5) is 0 Å². The average Bonchev–Trinajstić information content (AvgIpc) is 3.45. The lowest BCUT2D eigenvalue weighted by Crippen LogP contribution is -2.66. The van der Waals surface area contributed by atoms with E-state index in [4.69, 9.17) is 9.47 Å². The van der Waals surface area contributed by atoms with Gasteiger partial charge in [-0.15, -0.1) is 0 Å². The quantitative estimate of drug-likeness (QED) is 0.164. The number of carboxylic acids is 2. The van der Waals surface area contributed by atoms with Gasteiger partial charge >= 0.3 is 17.9 Å². The third-order valence-electron chi connectivity index (χ3n) is 16.4. The van der Waals surface area contributed by atoms with Crippen LogP contribution in [0.25, 0.3) is 0 Å². The third kappa shape index (κ3) is 5.72. The van der Waals surface area contributed by atoms with Gasteiger partial charge in [-0.2, -0.15) is 0 Å². The van der Waals surface area contributed by atoms with Gasteiger partial charge in [-0.25, -0.2) is 4.79 Å². The number of esters is 1. The van der Waals surface area contributed by atoms with Crippen LogP contribution < -0.4 is 4.74 Å². The summed E-state index contributed by atoms with van der Waals surface area (Å²) in [6.45, 7) is 22.2. The first-order chi connectivity index (χ1) is 24.2. The standard InChI is InChI=1S/C45H62O7/c1-27(2)29-17-23-45(22-16-28-12-11-13-31(51-10)36(28)38(47)48)25-24-43(8)30(37(29)45)14-15-33-42(7)20-19-34(52-35(46)26-40(3,4)39(49)50)41(5,6)32(42)18-21-44(33,43)9/h11-13,29-30,32-34,37H,1,14-15,17-21,23-26H2,2-10H3,(H,47,48)(H,49,50)/t29-,30?,32?,33?,34-,37?,42-,43+,44+,45+/m0/s1. The highest BCUT2D eigenvalue weighted by atomic mass is 16.5. The number of carboxylic acid groups (broad SMARTS) is 2. The molecule has 0 bridgehead atoms. The zero-order valence-corrected chi connectivity index (χ0v) is 33.1. The highest BCUT2D eigenvalue weighted by Gasteiger charge is 2.71. The molecular weight excluding hydrogens is 652 g/mol. The third-order valence-corrected chi connectivity index (χ3v) is 16.4. The minimum atomic E-state index is -1.16. The molecule has 0 amide bonds. The van der Waals surface area contributed by atoms with Crippen molar-refractivity contribution in [1.29, 1.82) is 0 Å². The molecule has 7 heteroatoms. The maximum Gasteiger partial charge on any atom is 0.340 e. The number of hydrogen-bond donors (Lipinski definition) is 2. The Morgan fingerprint density at radius 1 is 0.904 bits per heavy atom. The molecule has 5 aliphatic rings. The molecule has 0 heterocycles. The summed E-state index contributed by atoms with van der Waals surface area (Å²) in [5.41, 5.74) is 0.688. The number of methoxy groups -OCH3 is 1. The predicted octanol–water partition coefficient (Wildman–Crippen LogP) is 9.82. The number of rotatable bonds is 7.